The van der Waals surface area contributed by atoms with Gasteiger partial charge in [-0.1, -0.05) is 0 Å². The molecule has 1 aromatic carbocycles. The molecule has 0 atom stereocenters. The first-order valence-corrected chi connectivity index (χ1v) is 5.96. The van der Waals surface area contributed by atoms with Crippen molar-refractivity contribution in [3.63, 3.8) is 0 Å². The standard InChI is InChI=1S/C13H16F2N2O4/c1-17(2)11(18)7-16-12(19)8-4-5-9(21-13(14)15)10(6-8)20-3/h4-6,13H,7H2,1-3H3,(H,16,19). The lowest BCUT2D eigenvalue weighted by atomic mass is 10.2. The number of halogens is 2. The van der Waals surface area contributed by atoms with Gasteiger partial charge in [0.05, 0.1) is 13.7 Å². The van der Waals surface area contributed by atoms with Crippen molar-refractivity contribution in [2.75, 3.05) is 27.7 Å². The van der Waals surface area contributed by atoms with Crippen LogP contribution in [0.15, 0.2) is 18.2 Å². The number of alkyl halides is 2. The van der Waals surface area contributed by atoms with Crippen LogP contribution in [0.4, 0.5) is 8.78 Å². The number of hydrogen-bond donors (Lipinski definition) is 1. The van der Waals surface area contributed by atoms with Crippen LogP contribution in [0.2, 0.25) is 0 Å². The first kappa shape index (κ1) is 16.7. The molecule has 0 aromatic heterocycles. The van der Waals surface area contributed by atoms with Crippen LogP contribution in [0.5, 0.6) is 11.5 Å². The van der Waals surface area contributed by atoms with E-state index in [9.17, 15) is 18.4 Å². The molecular formula is C13H16F2N2O4. The van der Waals surface area contributed by atoms with Crippen molar-refractivity contribution >= 4 is 11.8 Å². The zero-order valence-electron chi connectivity index (χ0n) is 11.9. The van der Waals surface area contributed by atoms with E-state index in [1.807, 2.05) is 0 Å². The van der Waals surface area contributed by atoms with Crippen molar-refractivity contribution in [2.45, 2.75) is 6.61 Å². The van der Waals surface area contributed by atoms with Crippen LogP contribution in [0.1, 0.15) is 10.4 Å². The molecule has 8 heteroatoms. The molecule has 0 bridgehead atoms. The average molecular weight is 302 g/mol. The highest BCUT2D eigenvalue weighted by molar-refractivity contribution is 5.97. The van der Waals surface area contributed by atoms with E-state index in [2.05, 4.69) is 10.1 Å². The third-order valence-corrected chi connectivity index (χ3v) is 2.54. The van der Waals surface area contributed by atoms with Gasteiger partial charge in [0, 0.05) is 19.7 Å². The fourth-order valence-electron chi connectivity index (χ4n) is 1.42. The van der Waals surface area contributed by atoms with Crippen LogP contribution >= 0.6 is 0 Å². The molecule has 0 heterocycles. The summed E-state index contributed by atoms with van der Waals surface area (Å²) in [6.07, 6.45) is 0. The number of nitrogens with zero attached hydrogens (tertiary/aromatic N) is 1. The van der Waals surface area contributed by atoms with E-state index < -0.39 is 12.5 Å². The lowest BCUT2D eigenvalue weighted by Gasteiger charge is -2.13. The summed E-state index contributed by atoms with van der Waals surface area (Å²) in [5.74, 6) is -0.963. The molecule has 0 unspecified atom stereocenters. The third kappa shape index (κ3) is 4.90. The molecule has 1 aromatic rings. The minimum atomic E-state index is -2.99. The SMILES string of the molecule is COc1cc(C(=O)NCC(=O)N(C)C)ccc1OC(F)F. The summed E-state index contributed by atoms with van der Waals surface area (Å²) in [5, 5.41) is 2.42. The van der Waals surface area contributed by atoms with Gasteiger partial charge in [0.15, 0.2) is 11.5 Å². The number of ether oxygens (including phenoxy) is 2. The van der Waals surface area contributed by atoms with Crippen LogP contribution in [0, 0.1) is 0 Å². The Bertz CT molecular complexity index is 521. The normalized spacial score (nSPS) is 10.2. The molecule has 1 N–H and O–H groups in total. The van der Waals surface area contributed by atoms with Crippen LogP contribution in [0.25, 0.3) is 0 Å². The van der Waals surface area contributed by atoms with Crippen molar-refractivity contribution < 1.29 is 27.8 Å². The molecule has 116 valence electrons. The van der Waals surface area contributed by atoms with Gasteiger partial charge in [-0.3, -0.25) is 9.59 Å². The van der Waals surface area contributed by atoms with Gasteiger partial charge in [0.2, 0.25) is 5.91 Å². The smallest absolute Gasteiger partial charge is 0.387 e. The summed E-state index contributed by atoms with van der Waals surface area (Å²) in [5.41, 5.74) is 0.167. The van der Waals surface area contributed by atoms with Crippen LogP contribution in [-0.2, 0) is 4.79 Å². The maximum atomic E-state index is 12.2. The molecule has 0 radical (unpaired) electrons. The summed E-state index contributed by atoms with van der Waals surface area (Å²) >= 11 is 0. The molecule has 0 spiro atoms. The number of benzene rings is 1. The zero-order chi connectivity index (χ0) is 16.0. The number of hydrogen-bond acceptors (Lipinski definition) is 4. The topological polar surface area (TPSA) is 67.9 Å². The molecule has 1 rings (SSSR count). The average Bonchev–Trinajstić information content (AvgIpc) is 2.43. The lowest BCUT2D eigenvalue weighted by Crippen LogP contribution is -2.36. The van der Waals surface area contributed by atoms with Gasteiger partial charge < -0.3 is 19.7 Å². The Morgan fingerprint density at radius 3 is 2.48 bits per heavy atom. The quantitative estimate of drug-likeness (QED) is 0.855. The second kappa shape index (κ2) is 7.41. The van der Waals surface area contributed by atoms with E-state index in [1.54, 1.807) is 14.1 Å². The monoisotopic (exact) mass is 302 g/mol. The minimum Gasteiger partial charge on any atom is -0.493 e. The Hall–Kier alpha value is -2.38. The van der Waals surface area contributed by atoms with Gasteiger partial charge in [-0.25, -0.2) is 0 Å². The van der Waals surface area contributed by atoms with Crippen molar-refractivity contribution in [1.82, 2.24) is 10.2 Å². The van der Waals surface area contributed by atoms with Crippen molar-refractivity contribution in [3.8, 4) is 11.5 Å². The fraction of sp³-hybridized carbons (Fsp3) is 0.385. The second-order valence-electron chi connectivity index (χ2n) is 4.21. The van der Waals surface area contributed by atoms with Gasteiger partial charge in [0.25, 0.3) is 5.91 Å². The second-order valence-corrected chi connectivity index (χ2v) is 4.21. The van der Waals surface area contributed by atoms with Crippen molar-refractivity contribution in [3.05, 3.63) is 23.8 Å². The highest BCUT2D eigenvalue weighted by Gasteiger charge is 2.15. The van der Waals surface area contributed by atoms with E-state index in [0.717, 1.165) is 0 Å². The van der Waals surface area contributed by atoms with Crippen molar-refractivity contribution in [2.24, 2.45) is 0 Å². The predicted molar refractivity (Wildman–Crippen MR) is 70.7 cm³/mol. The van der Waals surface area contributed by atoms with Gasteiger partial charge in [-0.2, -0.15) is 8.78 Å². The number of carbonyl (C=O) groups excluding carboxylic acids is 2. The molecule has 0 saturated carbocycles. The largest absolute Gasteiger partial charge is 0.493 e. The van der Waals surface area contributed by atoms with Gasteiger partial charge in [-0.15, -0.1) is 0 Å². The number of likely N-dealkylation sites (N-methyl/N-ethyl adjacent to an activating group) is 1. The summed E-state index contributed by atoms with van der Waals surface area (Å²) in [4.78, 5) is 24.5. The molecule has 21 heavy (non-hydrogen) atoms. The molecule has 2 amide bonds. The van der Waals surface area contributed by atoms with Gasteiger partial charge >= 0.3 is 6.61 Å². The summed E-state index contributed by atoms with van der Waals surface area (Å²) in [6, 6.07) is 3.76. The summed E-state index contributed by atoms with van der Waals surface area (Å²) < 4.78 is 33.5. The Labute approximate surface area is 120 Å². The van der Waals surface area contributed by atoms with E-state index in [-0.39, 0.29) is 29.5 Å². The van der Waals surface area contributed by atoms with Crippen LogP contribution in [0.3, 0.4) is 0 Å². The Morgan fingerprint density at radius 1 is 1.29 bits per heavy atom. The highest BCUT2D eigenvalue weighted by atomic mass is 19.3. The first-order chi connectivity index (χ1) is 9.85. The molecule has 0 aliphatic carbocycles. The zero-order valence-corrected chi connectivity index (χ0v) is 11.9. The van der Waals surface area contributed by atoms with E-state index >= 15 is 0 Å². The van der Waals surface area contributed by atoms with Crippen LogP contribution in [-0.4, -0.2) is 51.1 Å². The molecule has 0 aliphatic rings. The lowest BCUT2D eigenvalue weighted by molar-refractivity contribution is -0.127. The van der Waals surface area contributed by atoms with Gasteiger partial charge in [-0.05, 0) is 18.2 Å². The number of nitrogens with one attached hydrogen (secondary N) is 1. The van der Waals surface area contributed by atoms with E-state index in [1.165, 1.54) is 30.2 Å². The minimum absolute atomic E-state index is 0.00175. The maximum Gasteiger partial charge on any atom is 0.387 e. The Balaban J connectivity index is 2.79. The molecule has 6 nitrogen and oxygen atoms in total. The summed E-state index contributed by atoms with van der Waals surface area (Å²) in [6.45, 7) is -3.15. The number of amides is 2. The predicted octanol–water partition coefficient (Wildman–Crippen LogP) is 1.11. The number of methoxy groups -OCH3 is 1. The van der Waals surface area contributed by atoms with E-state index in [0.29, 0.717) is 0 Å². The highest BCUT2D eigenvalue weighted by Crippen LogP contribution is 2.29. The van der Waals surface area contributed by atoms with Crippen molar-refractivity contribution in [1.29, 1.82) is 0 Å². The molecule has 0 fully saturated rings. The summed E-state index contributed by atoms with van der Waals surface area (Å²) in [7, 11) is 4.40. The number of carbonyl (C=O) groups is 2. The Kier molecular flexibility index (Phi) is 5.89. The Morgan fingerprint density at radius 2 is 1.95 bits per heavy atom. The molecule has 0 saturated heterocycles. The molecule has 0 aliphatic heterocycles. The first-order valence-electron chi connectivity index (χ1n) is 5.96. The van der Waals surface area contributed by atoms with E-state index in [4.69, 9.17) is 4.74 Å². The van der Waals surface area contributed by atoms with Gasteiger partial charge in [0.1, 0.15) is 0 Å². The molecular weight excluding hydrogens is 286 g/mol. The maximum absolute atomic E-state index is 12.2. The third-order valence-electron chi connectivity index (χ3n) is 2.54. The van der Waals surface area contributed by atoms with Crippen LogP contribution < -0.4 is 14.8 Å². The fourth-order valence-corrected chi connectivity index (χ4v) is 1.42. The number of rotatable bonds is 6.